The van der Waals surface area contributed by atoms with Gasteiger partial charge in [-0.15, -0.1) is 0 Å². The van der Waals surface area contributed by atoms with Crippen LogP contribution in [-0.2, 0) is 6.42 Å². The number of hydrogen-bond donors (Lipinski definition) is 0. The lowest BCUT2D eigenvalue weighted by molar-refractivity contribution is 0.103. The highest BCUT2D eigenvalue weighted by atomic mass is 79.9. The summed E-state index contributed by atoms with van der Waals surface area (Å²) < 4.78 is 1.75. The van der Waals surface area contributed by atoms with Crippen molar-refractivity contribution < 1.29 is 4.79 Å². The molecule has 0 spiro atoms. The molecule has 84 valence electrons. The molecule has 0 fully saturated rings. The van der Waals surface area contributed by atoms with Crippen molar-refractivity contribution in [1.29, 1.82) is 0 Å². The minimum Gasteiger partial charge on any atom is -0.289 e. The lowest BCUT2D eigenvalue weighted by atomic mass is 9.85. The van der Waals surface area contributed by atoms with E-state index >= 15 is 0 Å². The van der Waals surface area contributed by atoms with Crippen molar-refractivity contribution in [2.24, 2.45) is 0 Å². The molecule has 1 nitrogen and oxygen atoms in total. The van der Waals surface area contributed by atoms with Crippen LogP contribution in [0.2, 0.25) is 0 Å². The molecule has 17 heavy (non-hydrogen) atoms. The third-order valence-corrected chi connectivity index (χ3v) is 4.36. The van der Waals surface area contributed by atoms with Crippen LogP contribution >= 0.6 is 31.9 Å². The van der Waals surface area contributed by atoms with Crippen molar-refractivity contribution in [1.82, 2.24) is 0 Å². The fraction of sp³-hybridized carbons (Fsp3) is 0.0714. The maximum absolute atomic E-state index is 12.5. The molecular weight excluding hydrogens is 344 g/mol. The van der Waals surface area contributed by atoms with E-state index in [0.717, 1.165) is 37.6 Å². The summed E-state index contributed by atoms with van der Waals surface area (Å²) >= 11 is 6.93. The van der Waals surface area contributed by atoms with Gasteiger partial charge in [0.05, 0.1) is 0 Å². The van der Waals surface area contributed by atoms with Gasteiger partial charge in [-0.05, 0) is 29.7 Å². The number of rotatable bonds is 0. The maximum Gasteiger partial charge on any atom is 0.195 e. The van der Waals surface area contributed by atoms with Gasteiger partial charge >= 0.3 is 0 Å². The molecule has 3 heteroatoms. The van der Waals surface area contributed by atoms with E-state index < -0.39 is 0 Å². The summed E-state index contributed by atoms with van der Waals surface area (Å²) in [5, 5.41) is 0. The zero-order chi connectivity index (χ0) is 12.0. The molecule has 2 aromatic rings. The fourth-order valence-electron chi connectivity index (χ4n) is 2.27. The molecule has 0 saturated heterocycles. The van der Waals surface area contributed by atoms with Crippen LogP contribution in [0.15, 0.2) is 45.3 Å². The van der Waals surface area contributed by atoms with E-state index in [2.05, 4.69) is 31.9 Å². The van der Waals surface area contributed by atoms with Crippen LogP contribution in [0.3, 0.4) is 0 Å². The van der Waals surface area contributed by atoms with Crippen molar-refractivity contribution >= 4 is 37.6 Å². The molecule has 2 aromatic carbocycles. The van der Waals surface area contributed by atoms with E-state index in [0.29, 0.717) is 0 Å². The van der Waals surface area contributed by atoms with E-state index in [1.54, 1.807) is 0 Å². The summed E-state index contributed by atoms with van der Waals surface area (Å²) in [6, 6.07) is 11.8. The normalized spacial score (nSPS) is 13.2. The van der Waals surface area contributed by atoms with Crippen molar-refractivity contribution in [2.75, 3.05) is 0 Å². The molecule has 0 aromatic heterocycles. The molecule has 0 N–H and O–H groups in total. The highest BCUT2D eigenvalue weighted by Crippen LogP contribution is 2.34. The average molecular weight is 352 g/mol. The molecule has 0 unspecified atom stereocenters. The topological polar surface area (TPSA) is 17.1 Å². The maximum atomic E-state index is 12.5. The van der Waals surface area contributed by atoms with Gasteiger partial charge in [0, 0.05) is 20.1 Å². The standard InChI is InChI=1S/C14H8Br2O/c15-10-5-1-3-8-7-9-4-2-6-11(16)13(9)14(17)12(8)10/h1-6H,7H2. The lowest BCUT2D eigenvalue weighted by Gasteiger charge is -2.20. The van der Waals surface area contributed by atoms with Crippen LogP contribution in [0, 0.1) is 0 Å². The summed E-state index contributed by atoms with van der Waals surface area (Å²) in [5.41, 5.74) is 3.78. The Labute approximate surface area is 116 Å². The van der Waals surface area contributed by atoms with Gasteiger partial charge in [-0.2, -0.15) is 0 Å². The molecule has 1 aliphatic carbocycles. The first-order valence-corrected chi connectivity index (χ1v) is 6.86. The van der Waals surface area contributed by atoms with Gasteiger partial charge in [-0.25, -0.2) is 0 Å². The third-order valence-electron chi connectivity index (χ3n) is 3.03. The smallest absolute Gasteiger partial charge is 0.195 e. The van der Waals surface area contributed by atoms with Gasteiger partial charge in [0.2, 0.25) is 0 Å². The summed E-state index contributed by atoms with van der Waals surface area (Å²) in [7, 11) is 0. The summed E-state index contributed by atoms with van der Waals surface area (Å²) in [5.74, 6) is 0.0983. The molecule has 0 amide bonds. The van der Waals surface area contributed by atoms with Crippen LogP contribution in [0.4, 0.5) is 0 Å². The van der Waals surface area contributed by atoms with Gasteiger partial charge in [-0.3, -0.25) is 4.79 Å². The van der Waals surface area contributed by atoms with Gasteiger partial charge in [-0.1, -0.05) is 56.1 Å². The zero-order valence-corrected chi connectivity index (χ0v) is 12.0. The van der Waals surface area contributed by atoms with Crippen LogP contribution < -0.4 is 0 Å². The Morgan fingerprint density at radius 2 is 1.29 bits per heavy atom. The third kappa shape index (κ3) is 1.69. The Morgan fingerprint density at radius 1 is 0.824 bits per heavy atom. The first-order valence-electron chi connectivity index (χ1n) is 5.28. The highest BCUT2D eigenvalue weighted by molar-refractivity contribution is 9.11. The molecule has 3 rings (SSSR count). The van der Waals surface area contributed by atoms with Crippen LogP contribution in [0.25, 0.3) is 0 Å². The van der Waals surface area contributed by atoms with E-state index in [4.69, 9.17) is 0 Å². The molecule has 0 aliphatic heterocycles. The first-order chi connectivity index (χ1) is 8.18. The summed E-state index contributed by atoms with van der Waals surface area (Å²) in [6.45, 7) is 0. The average Bonchev–Trinajstić information content (AvgIpc) is 2.28. The molecule has 0 bridgehead atoms. The minimum atomic E-state index is 0.0983. The van der Waals surface area contributed by atoms with Gasteiger partial charge in [0.1, 0.15) is 0 Å². The van der Waals surface area contributed by atoms with Crippen molar-refractivity contribution in [3.8, 4) is 0 Å². The molecule has 1 aliphatic rings. The second-order valence-electron chi connectivity index (χ2n) is 4.05. The molecule has 0 heterocycles. The Balaban J connectivity index is 2.30. The molecule has 0 radical (unpaired) electrons. The van der Waals surface area contributed by atoms with Crippen LogP contribution in [0.5, 0.6) is 0 Å². The van der Waals surface area contributed by atoms with E-state index in [1.165, 1.54) is 0 Å². The van der Waals surface area contributed by atoms with Crippen LogP contribution in [0.1, 0.15) is 27.0 Å². The van der Waals surface area contributed by atoms with E-state index in [9.17, 15) is 4.79 Å². The monoisotopic (exact) mass is 350 g/mol. The number of carbonyl (C=O) groups is 1. The summed E-state index contributed by atoms with van der Waals surface area (Å²) in [6.07, 6.45) is 0.815. The van der Waals surface area contributed by atoms with Crippen molar-refractivity contribution in [3.63, 3.8) is 0 Å². The number of halogens is 2. The largest absolute Gasteiger partial charge is 0.289 e. The van der Waals surface area contributed by atoms with Gasteiger partial charge in [0.15, 0.2) is 5.78 Å². The number of ketones is 1. The van der Waals surface area contributed by atoms with E-state index in [1.807, 2.05) is 36.4 Å². The zero-order valence-electron chi connectivity index (χ0n) is 8.84. The SMILES string of the molecule is O=C1c2c(Br)cccc2Cc2cccc(Br)c21. The molecule has 0 saturated carbocycles. The lowest BCUT2D eigenvalue weighted by Crippen LogP contribution is -2.16. The van der Waals surface area contributed by atoms with Gasteiger partial charge in [0.25, 0.3) is 0 Å². The molecule has 0 atom stereocenters. The number of fused-ring (bicyclic) bond motifs is 2. The Bertz CT molecular complexity index is 579. The predicted molar refractivity (Wildman–Crippen MR) is 74.5 cm³/mol. The van der Waals surface area contributed by atoms with Crippen LogP contribution in [-0.4, -0.2) is 5.78 Å². The number of carbonyl (C=O) groups excluding carboxylic acids is 1. The van der Waals surface area contributed by atoms with Gasteiger partial charge < -0.3 is 0 Å². The second kappa shape index (κ2) is 4.07. The quantitative estimate of drug-likeness (QED) is 0.588. The Morgan fingerprint density at radius 3 is 1.76 bits per heavy atom. The number of benzene rings is 2. The predicted octanol–water partition coefficient (Wildman–Crippen LogP) is 4.35. The van der Waals surface area contributed by atoms with Crippen molar-refractivity contribution in [3.05, 3.63) is 67.6 Å². The highest BCUT2D eigenvalue weighted by Gasteiger charge is 2.26. The second-order valence-corrected chi connectivity index (χ2v) is 5.76. The fourth-order valence-corrected chi connectivity index (χ4v) is 3.45. The van der Waals surface area contributed by atoms with E-state index in [-0.39, 0.29) is 5.78 Å². The minimum absolute atomic E-state index is 0.0983. The summed E-state index contributed by atoms with van der Waals surface area (Å²) in [4.78, 5) is 12.5. The number of hydrogen-bond acceptors (Lipinski definition) is 1. The molecular formula is C14H8Br2O. The van der Waals surface area contributed by atoms with Crippen molar-refractivity contribution in [2.45, 2.75) is 6.42 Å². The first kappa shape index (κ1) is 11.2. The Kier molecular flexibility index (Phi) is 2.68. The Hall–Kier alpha value is -0.930.